The molecule has 7 nitrogen and oxygen atoms in total. The summed E-state index contributed by atoms with van der Waals surface area (Å²) in [6.07, 6.45) is 2.97. The lowest BCUT2D eigenvalue weighted by Crippen LogP contribution is -2.38. The Labute approximate surface area is 149 Å². The first-order valence-electron chi connectivity index (χ1n) is 8.19. The maximum Gasteiger partial charge on any atom is 0.255 e. The fraction of sp³-hybridized carbons (Fsp3) is 0.222. The van der Waals surface area contributed by atoms with E-state index in [9.17, 15) is 9.18 Å². The average Bonchev–Trinajstić information content (AvgIpc) is 3.08. The van der Waals surface area contributed by atoms with Crippen molar-refractivity contribution in [1.29, 1.82) is 0 Å². The molecule has 0 fully saturated rings. The molecule has 0 aliphatic carbocycles. The van der Waals surface area contributed by atoms with Crippen LogP contribution in [0.5, 0.6) is 5.75 Å². The number of ether oxygens (including phenoxy) is 1. The second kappa shape index (κ2) is 6.91. The van der Waals surface area contributed by atoms with E-state index in [-0.39, 0.29) is 18.3 Å². The highest BCUT2D eigenvalue weighted by Crippen LogP contribution is 2.18. The highest BCUT2D eigenvalue weighted by Gasteiger charge is 2.23. The SMILES string of the molecule is O=C(c1ccnnc1)N1CCn2nc(COc3cccc(F)c3)cc2C1. The molecule has 0 N–H and O–H groups in total. The number of halogens is 1. The summed E-state index contributed by atoms with van der Waals surface area (Å²) in [6.45, 7) is 1.89. The van der Waals surface area contributed by atoms with E-state index >= 15 is 0 Å². The lowest BCUT2D eigenvalue weighted by atomic mass is 10.2. The van der Waals surface area contributed by atoms with Gasteiger partial charge in [-0.15, -0.1) is 0 Å². The molecule has 1 aromatic carbocycles. The molecular formula is C18H16FN5O2. The van der Waals surface area contributed by atoms with Crippen LogP contribution in [0.25, 0.3) is 0 Å². The van der Waals surface area contributed by atoms with Crippen molar-refractivity contribution in [3.63, 3.8) is 0 Å². The Morgan fingerprint density at radius 2 is 2.12 bits per heavy atom. The summed E-state index contributed by atoms with van der Waals surface area (Å²) in [5.74, 6) is 0.0364. The van der Waals surface area contributed by atoms with Crippen molar-refractivity contribution < 1.29 is 13.9 Å². The monoisotopic (exact) mass is 353 g/mol. The molecule has 1 amide bonds. The summed E-state index contributed by atoms with van der Waals surface area (Å²) in [7, 11) is 0. The zero-order valence-electron chi connectivity index (χ0n) is 13.9. The molecule has 8 heteroatoms. The van der Waals surface area contributed by atoms with Crippen LogP contribution in [0.2, 0.25) is 0 Å². The Hall–Kier alpha value is -3.29. The van der Waals surface area contributed by atoms with E-state index in [4.69, 9.17) is 4.74 Å². The molecule has 3 aromatic rings. The number of aromatic nitrogens is 4. The lowest BCUT2D eigenvalue weighted by Gasteiger charge is -2.27. The first-order chi connectivity index (χ1) is 12.7. The zero-order valence-corrected chi connectivity index (χ0v) is 13.9. The molecule has 26 heavy (non-hydrogen) atoms. The molecular weight excluding hydrogens is 337 g/mol. The van der Waals surface area contributed by atoms with Gasteiger partial charge in [0, 0.05) is 12.6 Å². The van der Waals surface area contributed by atoms with Crippen molar-refractivity contribution in [2.75, 3.05) is 6.54 Å². The van der Waals surface area contributed by atoms with Gasteiger partial charge in [-0.1, -0.05) is 6.07 Å². The molecule has 1 aliphatic heterocycles. The second-order valence-corrected chi connectivity index (χ2v) is 5.95. The van der Waals surface area contributed by atoms with E-state index in [1.54, 1.807) is 23.1 Å². The minimum Gasteiger partial charge on any atom is -0.487 e. The van der Waals surface area contributed by atoms with Crippen LogP contribution in [0.4, 0.5) is 4.39 Å². The van der Waals surface area contributed by atoms with E-state index in [0.29, 0.717) is 30.9 Å². The van der Waals surface area contributed by atoms with Gasteiger partial charge in [0.25, 0.3) is 5.91 Å². The normalized spacial score (nSPS) is 13.3. The van der Waals surface area contributed by atoms with Crippen LogP contribution in [-0.2, 0) is 19.7 Å². The molecule has 2 aromatic heterocycles. The van der Waals surface area contributed by atoms with Crippen LogP contribution < -0.4 is 4.74 Å². The second-order valence-electron chi connectivity index (χ2n) is 5.95. The Morgan fingerprint density at radius 1 is 1.19 bits per heavy atom. The zero-order chi connectivity index (χ0) is 17.9. The van der Waals surface area contributed by atoms with Gasteiger partial charge in [-0.2, -0.15) is 15.3 Å². The van der Waals surface area contributed by atoms with Crippen molar-refractivity contribution in [2.24, 2.45) is 0 Å². The Morgan fingerprint density at radius 3 is 2.92 bits per heavy atom. The molecule has 0 saturated carbocycles. The maximum atomic E-state index is 13.2. The van der Waals surface area contributed by atoms with Crippen molar-refractivity contribution in [2.45, 2.75) is 19.7 Å². The number of carbonyl (C=O) groups excluding carboxylic acids is 1. The summed E-state index contributed by atoms with van der Waals surface area (Å²) in [5, 5.41) is 11.9. The van der Waals surface area contributed by atoms with Crippen molar-refractivity contribution in [3.05, 3.63) is 71.6 Å². The van der Waals surface area contributed by atoms with Crippen molar-refractivity contribution in [3.8, 4) is 5.75 Å². The van der Waals surface area contributed by atoms with Gasteiger partial charge in [0.05, 0.1) is 36.7 Å². The molecule has 0 unspecified atom stereocenters. The van der Waals surface area contributed by atoms with Crippen LogP contribution in [0.3, 0.4) is 0 Å². The van der Waals surface area contributed by atoms with Crippen LogP contribution in [0.15, 0.2) is 48.8 Å². The Bertz CT molecular complexity index is 928. The molecule has 3 heterocycles. The van der Waals surface area contributed by atoms with Gasteiger partial charge in [0.1, 0.15) is 23.9 Å². The molecule has 0 spiro atoms. The number of benzene rings is 1. The molecule has 0 bridgehead atoms. The van der Waals surface area contributed by atoms with E-state index in [1.807, 2.05) is 10.7 Å². The fourth-order valence-electron chi connectivity index (χ4n) is 2.88. The predicted octanol–water partition coefficient (Wildman–Crippen LogP) is 2.05. The van der Waals surface area contributed by atoms with E-state index in [1.165, 1.54) is 24.5 Å². The lowest BCUT2D eigenvalue weighted by molar-refractivity contribution is 0.0705. The number of nitrogens with zero attached hydrogens (tertiary/aromatic N) is 5. The standard InChI is InChI=1S/C18H16FN5O2/c19-14-2-1-3-17(8-14)26-12-15-9-16-11-23(6-7-24(16)22-15)18(25)13-4-5-20-21-10-13/h1-5,8-10H,6-7,11-12H2. The number of fused-ring (bicyclic) bond motifs is 1. The van der Waals surface area contributed by atoms with Gasteiger partial charge in [0.15, 0.2) is 0 Å². The molecule has 0 atom stereocenters. The van der Waals surface area contributed by atoms with Crippen LogP contribution in [-0.4, -0.2) is 37.3 Å². The number of amides is 1. The number of hydrogen-bond donors (Lipinski definition) is 0. The summed E-state index contributed by atoms with van der Waals surface area (Å²) in [6, 6.07) is 9.55. The topological polar surface area (TPSA) is 73.1 Å². The van der Waals surface area contributed by atoms with Gasteiger partial charge < -0.3 is 9.64 Å². The van der Waals surface area contributed by atoms with Crippen molar-refractivity contribution in [1.82, 2.24) is 24.9 Å². The Balaban J connectivity index is 1.43. The third-order valence-electron chi connectivity index (χ3n) is 4.15. The largest absolute Gasteiger partial charge is 0.487 e. The van der Waals surface area contributed by atoms with Crippen molar-refractivity contribution >= 4 is 5.91 Å². The number of hydrogen-bond acceptors (Lipinski definition) is 5. The molecule has 0 radical (unpaired) electrons. The molecule has 0 saturated heterocycles. The highest BCUT2D eigenvalue weighted by atomic mass is 19.1. The quantitative estimate of drug-likeness (QED) is 0.718. The number of carbonyl (C=O) groups is 1. The van der Waals surface area contributed by atoms with E-state index < -0.39 is 0 Å². The van der Waals surface area contributed by atoms with Crippen LogP contribution in [0.1, 0.15) is 21.7 Å². The van der Waals surface area contributed by atoms with Crippen LogP contribution >= 0.6 is 0 Å². The number of rotatable bonds is 4. The third kappa shape index (κ3) is 3.39. The first-order valence-corrected chi connectivity index (χ1v) is 8.19. The van der Waals surface area contributed by atoms with E-state index in [2.05, 4.69) is 15.3 Å². The van der Waals surface area contributed by atoms with Gasteiger partial charge >= 0.3 is 0 Å². The highest BCUT2D eigenvalue weighted by molar-refractivity contribution is 5.93. The smallest absolute Gasteiger partial charge is 0.255 e. The summed E-state index contributed by atoms with van der Waals surface area (Å²) in [4.78, 5) is 14.3. The summed E-state index contributed by atoms with van der Waals surface area (Å²) >= 11 is 0. The summed E-state index contributed by atoms with van der Waals surface area (Å²) in [5.41, 5.74) is 2.19. The Kier molecular flexibility index (Phi) is 4.30. The molecule has 4 rings (SSSR count). The van der Waals surface area contributed by atoms with Gasteiger partial charge in [0.2, 0.25) is 0 Å². The minimum atomic E-state index is -0.341. The van der Waals surface area contributed by atoms with Gasteiger partial charge in [-0.3, -0.25) is 9.48 Å². The van der Waals surface area contributed by atoms with Gasteiger partial charge in [-0.25, -0.2) is 4.39 Å². The molecule has 1 aliphatic rings. The summed E-state index contributed by atoms with van der Waals surface area (Å²) < 4.78 is 20.6. The van der Waals surface area contributed by atoms with E-state index in [0.717, 1.165) is 11.4 Å². The van der Waals surface area contributed by atoms with Gasteiger partial charge in [-0.05, 0) is 24.3 Å². The maximum absolute atomic E-state index is 13.2. The fourth-order valence-corrected chi connectivity index (χ4v) is 2.88. The molecule has 132 valence electrons. The minimum absolute atomic E-state index is 0.0788. The first kappa shape index (κ1) is 16.2. The van der Waals surface area contributed by atoms with Crippen LogP contribution in [0, 0.1) is 5.82 Å². The third-order valence-corrected chi connectivity index (χ3v) is 4.15. The average molecular weight is 353 g/mol. The predicted molar refractivity (Wildman–Crippen MR) is 89.7 cm³/mol.